The molecular weight excluding hydrogens is 409 g/mol. The molecule has 2 aliphatic heterocycles. The van der Waals surface area contributed by atoms with Crippen molar-refractivity contribution in [2.45, 2.75) is 45.3 Å². The lowest BCUT2D eigenvalue weighted by Crippen LogP contribution is -2.47. The van der Waals surface area contributed by atoms with Crippen LogP contribution in [0, 0.1) is 0 Å². The van der Waals surface area contributed by atoms with Crippen molar-refractivity contribution in [3.8, 4) is 11.5 Å². The van der Waals surface area contributed by atoms with E-state index in [-0.39, 0.29) is 22.9 Å². The van der Waals surface area contributed by atoms with Crippen LogP contribution in [0.25, 0.3) is 0 Å². The second kappa shape index (κ2) is 9.08. The highest BCUT2D eigenvalue weighted by atomic mass is 19.3. The Hall–Kier alpha value is -2.64. The minimum Gasteiger partial charge on any atom is -0.504 e. The minimum absolute atomic E-state index is 0.123. The zero-order valence-electron chi connectivity index (χ0n) is 19.1. The summed E-state index contributed by atoms with van der Waals surface area (Å²) in [5.41, 5.74) is 3.97. The summed E-state index contributed by atoms with van der Waals surface area (Å²) in [5, 5.41) is 9.61. The van der Waals surface area contributed by atoms with Crippen LogP contribution < -0.4 is 4.94 Å². The van der Waals surface area contributed by atoms with E-state index in [2.05, 4.69) is 41.7 Å². The molecule has 2 aromatic carbocycles. The SMILES string of the molecule is CN1CCN(C(=O)c2cccc3c2CN(C(C)(C)CCc2ccc(O)c(OF)c2)C3)CC1. The number of benzene rings is 2. The Bertz CT molecular complexity index is 986. The van der Waals surface area contributed by atoms with Gasteiger partial charge >= 0.3 is 0 Å². The van der Waals surface area contributed by atoms with Gasteiger partial charge in [-0.05, 0) is 68.6 Å². The van der Waals surface area contributed by atoms with Gasteiger partial charge in [0.15, 0.2) is 5.75 Å². The summed E-state index contributed by atoms with van der Waals surface area (Å²) in [6, 6.07) is 10.9. The Morgan fingerprint density at radius 3 is 2.59 bits per heavy atom. The lowest BCUT2D eigenvalue weighted by molar-refractivity contribution is -0.00904. The minimum atomic E-state index is -0.206. The van der Waals surface area contributed by atoms with Gasteiger partial charge in [0, 0.05) is 54.9 Å². The number of nitrogens with zero attached hydrogens (tertiary/aromatic N) is 3. The van der Waals surface area contributed by atoms with Crippen molar-refractivity contribution in [1.29, 1.82) is 0 Å². The fourth-order valence-corrected chi connectivity index (χ4v) is 4.61. The van der Waals surface area contributed by atoms with Crippen molar-refractivity contribution in [2.24, 2.45) is 0 Å². The molecule has 2 aromatic rings. The predicted molar refractivity (Wildman–Crippen MR) is 121 cm³/mol. The summed E-state index contributed by atoms with van der Waals surface area (Å²) in [4.78, 5) is 23.6. The van der Waals surface area contributed by atoms with E-state index in [9.17, 15) is 14.4 Å². The van der Waals surface area contributed by atoms with E-state index in [1.807, 2.05) is 17.0 Å². The maximum absolute atomic E-state index is 13.2. The Kier molecular flexibility index (Phi) is 6.40. The summed E-state index contributed by atoms with van der Waals surface area (Å²) >= 11 is 0. The lowest BCUT2D eigenvalue weighted by Gasteiger charge is -2.36. The molecule has 32 heavy (non-hydrogen) atoms. The number of aryl methyl sites for hydroxylation is 1. The Balaban J connectivity index is 1.45. The molecule has 2 heterocycles. The Labute approximate surface area is 189 Å². The molecule has 4 rings (SSSR count). The van der Waals surface area contributed by atoms with Crippen LogP contribution in [0.2, 0.25) is 0 Å². The number of carbonyl (C=O) groups excluding carboxylic acids is 1. The maximum atomic E-state index is 13.2. The first-order chi connectivity index (χ1) is 15.3. The Morgan fingerprint density at radius 1 is 1.12 bits per heavy atom. The number of rotatable bonds is 6. The zero-order chi connectivity index (χ0) is 22.9. The second-order valence-corrected chi connectivity index (χ2v) is 9.59. The average molecular weight is 442 g/mol. The number of hydrogen-bond donors (Lipinski definition) is 1. The summed E-state index contributed by atoms with van der Waals surface area (Å²) in [6.45, 7) is 9.31. The van der Waals surface area contributed by atoms with Gasteiger partial charge in [0.1, 0.15) is 0 Å². The smallest absolute Gasteiger partial charge is 0.254 e. The third-order valence-corrected chi connectivity index (χ3v) is 6.99. The first kappa shape index (κ1) is 22.6. The molecule has 172 valence electrons. The molecule has 0 bridgehead atoms. The van der Waals surface area contributed by atoms with Gasteiger partial charge in [-0.3, -0.25) is 14.6 Å². The number of likely N-dealkylation sites (N-methyl/N-ethyl adjacent to an activating group) is 1. The van der Waals surface area contributed by atoms with E-state index in [1.54, 1.807) is 6.07 Å². The van der Waals surface area contributed by atoms with Gasteiger partial charge in [-0.1, -0.05) is 18.2 Å². The van der Waals surface area contributed by atoms with E-state index in [4.69, 9.17) is 0 Å². The molecule has 0 unspecified atom stereocenters. The van der Waals surface area contributed by atoms with Gasteiger partial charge in [0.05, 0.1) is 0 Å². The van der Waals surface area contributed by atoms with Crippen LogP contribution in [-0.4, -0.2) is 64.5 Å². The molecule has 0 spiro atoms. The van der Waals surface area contributed by atoms with Gasteiger partial charge in [-0.15, -0.1) is 0 Å². The molecule has 1 amide bonds. The normalized spacial score (nSPS) is 17.4. The molecule has 0 saturated carbocycles. The van der Waals surface area contributed by atoms with Gasteiger partial charge < -0.3 is 14.9 Å². The number of carbonyl (C=O) groups is 1. The van der Waals surface area contributed by atoms with E-state index in [1.165, 1.54) is 17.7 Å². The number of phenolic OH excluding ortho intramolecular Hbond substituents is 1. The topological polar surface area (TPSA) is 56.2 Å². The number of hydrogen-bond acceptors (Lipinski definition) is 5. The highest BCUT2D eigenvalue weighted by Crippen LogP contribution is 2.35. The number of halogens is 1. The monoisotopic (exact) mass is 441 g/mol. The van der Waals surface area contributed by atoms with Gasteiger partial charge in [-0.2, -0.15) is 0 Å². The van der Waals surface area contributed by atoms with Gasteiger partial charge in [0.25, 0.3) is 5.91 Å². The van der Waals surface area contributed by atoms with E-state index >= 15 is 0 Å². The van der Waals surface area contributed by atoms with Crippen LogP contribution in [0.15, 0.2) is 36.4 Å². The van der Waals surface area contributed by atoms with Crippen LogP contribution >= 0.6 is 0 Å². The molecule has 0 aromatic heterocycles. The average Bonchev–Trinajstić information content (AvgIpc) is 3.24. The fraction of sp³-hybridized carbons (Fsp3) is 0.480. The predicted octanol–water partition coefficient (Wildman–Crippen LogP) is 3.77. The number of amides is 1. The molecule has 2 aliphatic rings. The molecule has 0 atom stereocenters. The standard InChI is InChI=1S/C25H32FN3O3/c1-25(2,10-9-18-7-8-22(30)23(15-18)32-26)29-16-19-5-4-6-20(21(19)17-29)24(31)28-13-11-27(3)12-14-28/h4-8,15,30H,9-14,16-17H2,1-3H3. The van der Waals surface area contributed by atoms with Crippen molar-refractivity contribution < 1.29 is 19.4 Å². The van der Waals surface area contributed by atoms with Crippen molar-refractivity contribution in [1.82, 2.24) is 14.7 Å². The van der Waals surface area contributed by atoms with E-state index < -0.39 is 0 Å². The molecular formula is C25H32FN3O3. The third-order valence-electron chi connectivity index (χ3n) is 6.99. The fourth-order valence-electron chi connectivity index (χ4n) is 4.61. The van der Waals surface area contributed by atoms with Crippen molar-refractivity contribution in [3.63, 3.8) is 0 Å². The highest BCUT2D eigenvalue weighted by molar-refractivity contribution is 5.96. The van der Waals surface area contributed by atoms with E-state index in [0.717, 1.165) is 68.8 Å². The third kappa shape index (κ3) is 4.59. The highest BCUT2D eigenvalue weighted by Gasteiger charge is 2.34. The Morgan fingerprint density at radius 2 is 1.88 bits per heavy atom. The second-order valence-electron chi connectivity index (χ2n) is 9.59. The van der Waals surface area contributed by atoms with Crippen molar-refractivity contribution >= 4 is 5.91 Å². The zero-order valence-corrected chi connectivity index (χ0v) is 19.1. The number of phenols is 1. The molecule has 0 aliphatic carbocycles. The van der Waals surface area contributed by atoms with Gasteiger partial charge in [0.2, 0.25) is 5.75 Å². The van der Waals surface area contributed by atoms with Crippen LogP contribution in [0.1, 0.15) is 47.3 Å². The number of piperazine rings is 1. The molecule has 0 radical (unpaired) electrons. The first-order valence-corrected chi connectivity index (χ1v) is 11.2. The van der Waals surface area contributed by atoms with Crippen molar-refractivity contribution in [2.75, 3.05) is 33.2 Å². The van der Waals surface area contributed by atoms with Crippen LogP contribution in [-0.2, 0) is 19.5 Å². The van der Waals surface area contributed by atoms with Gasteiger partial charge in [-0.25, -0.2) is 0 Å². The quantitative estimate of drug-likeness (QED) is 0.740. The molecule has 7 heteroatoms. The summed E-state index contributed by atoms with van der Waals surface area (Å²) in [6.07, 6.45) is 1.57. The molecule has 1 saturated heterocycles. The van der Waals surface area contributed by atoms with Crippen molar-refractivity contribution in [3.05, 3.63) is 58.7 Å². The van der Waals surface area contributed by atoms with Crippen LogP contribution in [0.5, 0.6) is 11.5 Å². The van der Waals surface area contributed by atoms with Crippen LogP contribution in [0.3, 0.4) is 0 Å². The summed E-state index contributed by atoms with van der Waals surface area (Å²) in [7, 11) is 2.09. The molecule has 6 nitrogen and oxygen atoms in total. The summed E-state index contributed by atoms with van der Waals surface area (Å²) in [5.74, 6) is -0.221. The van der Waals surface area contributed by atoms with E-state index in [0.29, 0.717) is 0 Å². The lowest BCUT2D eigenvalue weighted by atomic mass is 9.93. The molecule has 1 fully saturated rings. The largest absolute Gasteiger partial charge is 0.504 e. The summed E-state index contributed by atoms with van der Waals surface area (Å²) < 4.78 is 12.6. The first-order valence-electron chi connectivity index (χ1n) is 11.2. The maximum Gasteiger partial charge on any atom is 0.254 e. The molecule has 1 N–H and O–H groups in total. The number of fused-ring (bicyclic) bond motifs is 1. The van der Waals surface area contributed by atoms with Crippen LogP contribution in [0.4, 0.5) is 4.53 Å². The number of aromatic hydroxyl groups is 1.